The summed E-state index contributed by atoms with van der Waals surface area (Å²) in [5, 5.41) is 21.7. The number of aromatic nitrogens is 2. The molecule has 0 aliphatic heterocycles. The van der Waals surface area contributed by atoms with Crippen LogP contribution in [-0.2, 0) is 13.7 Å². The van der Waals surface area contributed by atoms with Crippen LogP contribution in [0, 0.1) is 11.6 Å². The second-order valence-electron chi connectivity index (χ2n) is 3.93. The van der Waals surface area contributed by atoms with Crippen molar-refractivity contribution in [1.29, 1.82) is 0 Å². The van der Waals surface area contributed by atoms with Crippen LogP contribution in [0.5, 0.6) is 0 Å². The molecule has 0 saturated heterocycles. The van der Waals surface area contributed by atoms with Gasteiger partial charge in [0.2, 0.25) is 0 Å². The molecular formula is C12H10F2N2O3. The molecule has 19 heavy (non-hydrogen) atoms. The van der Waals surface area contributed by atoms with E-state index in [1.165, 1.54) is 17.8 Å². The van der Waals surface area contributed by atoms with Crippen molar-refractivity contribution in [3.8, 4) is 11.3 Å². The SMILES string of the molecule is Cn1nc(C(=O)O)cc1-c1cc(F)c(F)cc1CO. The number of carboxylic acid groups (broad SMARTS) is 1. The van der Waals surface area contributed by atoms with Crippen molar-refractivity contribution in [2.24, 2.45) is 7.05 Å². The number of aromatic carboxylic acids is 1. The first kappa shape index (κ1) is 13.2. The quantitative estimate of drug-likeness (QED) is 0.885. The van der Waals surface area contributed by atoms with Crippen molar-refractivity contribution in [1.82, 2.24) is 9.78 Å². The van der Waals surface area contributed by atoms with E-state index in [2.05, 4.69) is 5.10 Å². The minimum atomic E-state index is -1.23. The highest BCUT2D eigenvalue weighted by Crippen LogP contribution is 2.26. The number of carboxylic acids is 1. The highest BCUT2D eigenvalue weighted by atomic mass is 19.2. The van der Waals surface area contributed by atoms with Crippen LogP contribution < -0.4 is 0 Å². The topological polar surface area (TPSA) is 75.4 Å². The molecule has 0 bridgehead atoms. The lowest BCUT2D eigenvalue weighted by molar-refractivity contribution is 0.0689. The first-order valence-corrected chi connectivity index (χ1v) is 5.30. The van der Waals surface area contributed by atoms with Gasteiger partial charge in [-0.3, -0.25) is 4.68 Å². The van der Waals surface area contributed by atoms with Gasteiger partial charge < -0.3 is 10.2 Å². The predicted octanol–water partition coefficient (Wildman–Crippen LogP) is 1.56. The summed E-state index contributed by atoms with van der Waals surface area (Å²) in [5.41, 5.74) is 0.411. The minimum Gasteiger partial charge on any atom is -0.476 e. The molecule has 1 aromatic carbocycles. The van der Waals surface area contributed by atoms with Crippen LogP contribution in [0.4, 0.5) is 8.78 Å². The zero-order valence-corrected chi connectivity index (χ0v) is 9.89. The molecule has 0 radical (unpaired) electrons. The molecule has 0 spiro atoms. The van der Waals surface area contributed by atoms with Gasteiger partial charge in [-0.25, -0.2) is 13.6 Å². The second kappa shape index (κ2) is 4.77. The average molecular weight is 268 g/mol. The number of aryl methyl sites for hydroxylation is 1. The fraction of sp³-hybridized carbons (Fsp3) is 0.167. The number of benzene rings is 1. The number of rotatable bonds is 3. The molecule has 5 nitrogen and oxygen atoms in total. The molecule has 0 aliphatic rings. The van der Waals surface area contributed by atoms with E-state index in [9.17, 15) is 13.6 Å². The van der Waals surface area contributed by atoms with Crippen LogP contribution in [0.15, 0.2) is 18.2 Å². The van der Waals surface area contributed by atoms with E-state index < -0.39 is 24.2 Å². The number of carbonyl (C=O) groups is 1. The standard InChI is InChI=1S/C12H10F2N2O3/c1-16-11(4-10(15-16)12(18)19)7-3-9(14)8(13)2-6(7)5-17/h2-4,17H,5H2,1H3,(H,18,19). The highest BCUT2D eigenvalue weighted by molar-refractivity contribution is 5.87. The largest absolute Gasteiger partial charge is 0.476 e. The van der Waals surface area contributed by atoms with Crippen molar-refractivity contribution >= 4 is 5.97 Å². The summed E-state index contributed by atoms with van der Waals surface area (Å²) in [7, 11) is 1.48. The molecule has 100 valence electrons. The number of aliphatic hydroxyl groups excluding tert-OH is 1. The average Bonchev–Trinajstić information content (AvgIpc) is 2.74. The molecule has 0 saturated carbocycles. The maximum absolute atomic E-state index is 13.3. The molecule has 2 aromatic rings. The highest BCUT2D eigenvalue weighted by Gasteiger charge is 2.17. The van der Waals surface area contributed by atoms with Crippen molar-refractivity contribution in [3.05, 3.63) is 41.1 Å². The molecule has 0 atom stereocenters. The van der Waals surface area contributed by atoms with E-state index >= 15 is 0 Å². The summed E-state index contributed by atoms with van der Waals surface area (Å²) in [4.78, 5) is 10.8. The monoisotopic (exact) mass is 268 g/mol. The number of nitrogens with zero attached hydrogens (tertiary/aromatic N) is 2. The van der Waals surface area contributed by atoms with Gasteiger partial charge >= 0.3 is 5.97 Å². The third kappa shape index (κ3) is 2.32. The number of hydrogen-bond donors (Lipinski definition) is 2. The van der Waals surface area contributed by atoms with Crippen LogP contribution in [0.25, 0.3) is 11.3 Å². The van der Waals surface area contributed by atoms with Gasteiger partial charge in [-0.2, -0.15) is 5.10 Å². The molecule has 0 amide bonds. The molecular weight excluding hydrogens is 258 g/mol. The van der Waals surface area contributed by atoms with E-state index in [1.54, 1.807) is 0 Å². The first-order valence-electron chi connectivity index (χ1n) is 5.30. The molecule has 1 aromatic heterocycles. The van der Waals surface area contributed by atoms with E-state index in [0.717, 1.165) is 12.1 Å². The molecule has 1 heterocycles. The van der Waals surface area contributed by atoms with Crippen LogP contribution >= 0.6 is 0 Å². The molecule has 0 aliphatic carbocycles. The lowest BCUT2D eigenvalue weighted by atomic mass is 10.0. The Morgan fingerprint density at radius 2 is 1.95 bits per heavy atom. The van der Waals surface area contributed by atoms with Crippen molar-refractivity contribution in [2.45, 2.75) is 6.61 Å². The summed E-state index contributed by atoms with van der Waals surface area (Å²) in [6, 6.07) is 3.01. The summed E-state index contributed by atoms with van der Waals surface area (Å²) < 4.78 is 27.6. The Morgan fingerprint density at radius 3 is 2.47 bits per heavy atom. The van der Waals surface area contributed by atoms with Crippen molar-refractivity contribution < 1.29 is 23.8 Å². The van der Waals surface area contributed by atoms with E-state index in [1.807, 2.05) is 0 Å². The molecule has 2 rings (SSSR count). The van der Waals surface area contributed by atoms with Crippen LogP contribution in [-0.4, -0.2) is 26.0 Å². The Kier molecular flexibility index (Phi) is 3.30. The van der Waals surface area contributed by atoms with Gasteiger partial charge in [-0.15, -0.1) is 0 Å². The minimum absolute atomic E-state index is 0.152. The zero-order valence-electron chi connectivity index (χ0n) is 9.89. The lowest BCUT2D eigenvalue weighted by Gasteiger charge is -2.08. The van der Waals surface area contributed by atoms with Crippen LogP contribution in [0.3, 0.4) is 0 Å². The van der Waals surface area contributed by atoms with Crippen molar-refractivity contribution in [3.63, 3.8) is 0 Å². The predicted molar refractivity (Wildman–Crippen MR) is 61.4 cm³/mol. The van der Waals surface area contributed by atoms with Crippen LogP contribution in [0.1, 0.15) is 16.1 Å². The number of halogens is 2. The lowest BCUT2D eigenvalue weighted by Crippen LogP contribution is -2.01. The Hall–Kier alpha value is -2.28. The summed E-state index contributed by atoms with van der Waals surface area (Å²) in [5.74, 6) is -3.38. The van der Waals surface area contributed by atoms with Gasteiger partial charge in [0.25, 0.3) is 0 Å². The van der Waals surface area contributed by atoms with Gasteiger partial charge in [0.05, 0.1) is 12.3 Å². The Morgan fingerprint density at radius 1 is 1.32 bits per heavy atom. The Bertz CT molecular complexity index is 653. The summed E-state index contributed by atoms with van der Waals surface area (Å²) in [6.45, 7) is -0.500. The van der Waals surface area contributed by atoms with Gasteiger partial charge in [-0.05, 0) is 23.8 Å². The third-order valence-electron chi connectivity index (χ3n) is 2.69. The van der Waals surface area contributed by atoms with Gasteiger partial charge in [0.1, 0.15) is 0 Å². The maximum atomic E-state index is 13.3. The summed E-state index contributed by atoms with van der Waals surface area (Å²) in [6.07, 6.45) is 0. The molecule has 0 fully saturated rings. The number of hydrogen-bond acceptors (Lipinski definition) is 3. The molecule has 7 heteroatoms. The van der Waals surface area contributed by atoms with Crippen molar-refractivity contribution in [2.75, 3.05) is 0 Å². The van der Waals surface area contributed by atoms with E-state index in [0.29, 0.717) is 0 Å². The summed E-state index contributed by atoms with van der Waals surface area (Å²) >= 11 is 0. The first-order chi connectivity index (χ1) is 8.93. The van der Waals surface area contributed by atoms with E-state index in [4.69, 9.17) is 10.2 Å². The Balaban J connectivity index is 2.64. The molecule has 2 N–H and O–H groups in total. The van der Waals surface area contributed by atoms with Crippen LogP contribution in [0.2, 0.25) is 0 Å². The molecule has 0 unspecified atom stereocenters. The number of aliphatic hydroxyl groups is 1. The fourth-order valence-corrected chi connectivity index (χ4v) is 1.78. The Labute approximate surface area is 106 Å². The fourth-order valence-electron chi connectivity index (χ4n) is 1.78. The van der Waals surface area contributed by atoms with Gasteiger partial charge in [-0.1, -0.05) is 0 Å². The van der Waals surface area contributed by atoms with Gasteiger partial charge in [0.15, 0.2) is 17.3 Å². The normalized spacial score (nSPS) is 10.7. The second-order valence-corrected chi connectivity index (χ2v) is 3.93. The smallest absolute Gasteiger partial charge is 0.356 e. The zero-order chi connectivity index (χ0) is 14.2. The van der Waals surface area contributed by atoms with E-state index in [-0.39, 0.29) is 22.5 Å². The third-order valence-corrected chi connectivity index (χ3v) is 2.69. The van der Waals surface area contributed by atoms with Gasteiger partial charge in [0, 0.05) is 12.6 Å². The maximum Gasteiger partial charge on any atom is 0.356 e.